The van der Waals surface area contributed by atoms with Crippen molar-refractivity contribution in [2.24, 2.45) is 5.73 Å². The summed E-state index contributed by atoms with van der Waals surface area (Å²) >= 11 is 0. The lowest BCUT2D eigenvalue weighted by Crippen LogP contribution is -2.52. The lowest BCUT2D eigenvalue weighted by molar-refractivity contribution is -0.227. The van der Waals surface area contributed by atoms with Gasteiger partial charge in [-0.05, 0) is 32.6 Å². The predicted molar refractivity (Wildman–Crippen MR) is 124 cm³/mol. The summed E-state index contributed by atoms with van der Waals surface area (Å²) in [5.41, 5.74) is 2.28. The molecule has 0 radical (unpaired) electrons. The number of amides is 2. The monoisotopic (exact) mass is 520 g/mol. The van der Waals surface area contributed by atoms with Crippen LogP contribution < -0.4 is 11.2 Å². The number of pyridine rings is 1. The number of benzene rings is 1. The first-order chi connectivity index (χ1) is 17.5. The third kappa shape index (κ3) is 3.89. The summed E-state index contributed by atoms with van der Waals surface area (Å²) in [6, 6.07) is 0.0543. The number of carbonyl (C=O) groups is 2. The summed E-state index contributed by atoms with van der Waals surface area (Å²) in [7, 11) is 0. The molecule has 9 nitrogen and oxygen atoms in total. The zero-order valence-electron chi connectivity index (χ0n) is 20.3. The molecular formula is C25H27F3N4O5. The molecule has 0 saturated carbocycles. The van der Waals surface area contributed by atoms with Gasteiger partial charge in [0.15, 0.2) is 11.4 Å². The van der Waals surface area contributed by atoms with Crippen molar-refractivity contribution < 1.29 is 32.7 Å². The fraction of sp³-hybridized carbons (Fsp3) is 0.480. The highest BCUT2D eigenvalue weighted by atomic mass is 19.1. The summed E-state index contributed by atoms with van der Waals surface area (Å²) in [6.07, 6.45) is 3.12. The Morgan fingerprint density at radius 1 is 1.24 bits per heavy atom. The number of hydrogen-bond donors (Lipinski definition) is 2. The second kappa shape index (κ2) is 8.88. The number of halogens is 3. The topological polar surface area (TPSA) is 118 Å². The molecule has 1 aromatic heterocycles. The van der Waals surface area contributed by atoms with Crippen LogP contribution in [0.4, 0.5) is 13.2 Å². The van der Waals surface area contributed by atoms with Gasteiger partial charge in [-0.15, -0.1) is 0 Å². The highest BCUT2D eigenvalue weighted by Crippen LogP contribution is 2.49. The maximum absolute atomic E-state index is 14.5. The van der Waals surface area contributed by atoms with Gasteiger partial charge in [0.05, 0.1) is 12.6 Å². The van der Waals surface area contributed by atoms with Gasteiger partial charge in [-0.3, -0.25) is 19.2 Å². The van der Waals surface area contributed by atoms with Crippen LogP contribution in [0.15, 0.2) is 23.1 Å². The maximum atomic E-state index is 14.5. The van der Waals surface area contributed by atoms with E-state index in [1.807, 2.05) is 13.8 Å². The lowest BCUT2D eigenvalue weighted by atomic mass is 9.83. The van der Waals surface area contributed by atoms with Crippen molar-refractivity contribution in [3.05, 3.63) is 62.8 Å². The number of rotatable bonds is 4. The first-order valence-electron chi connectivity index (χ1n) is 12.2. The van der Waals surface area contributed by atoms with Crippen LogP contribution in [-0.2, 0) is 11.4 Å². The molecule has 3 aliphatic heterocycles. The van der Waals surface area contributed by atoms with E-state index in [2.05, 4.69) is 0 Å². The van der Waals surface area contributed by atoms with Crippen molar-refractivity contribution in [3.63, 3.8) is 0 Å². The van der Waals surface area contributed by atoms with Crippen LogP contribution in [0.1, 0.15) is 72.0 Å². The number of hydrogen-bond acceptors (Lipinski definition) is 6. The first-order valence-corrected chi connectivity index (χ1v) is 12.2. The Hall–Kier alpha value is -3.38. The summed E-state index contributed by atoms with van der Waals surface area (Å²) in [5, 5.41) is 12.2. The third-order valence-corrected chi connectivity index (χ3v) is 7.95. The lowest BCUT2D eigenvalue weighted by Gasteiger charge is -2.42. The van der Waals surface area contributed by atoms with Gasteiger partial charge in [-0.25, -0.2) is 13.2 Å². The van der Waals surface area contributed by atoms with Crippen LogP contribution in [0.3, 0.4) is 0 Å². The van der Waals surface area contributed by atoms with Crippen LogP contribution in [0.25, 0.3) is 0 Å². The Balaban J connectivity index is 1.62. The number of fused-ring (bicyclic) bond motifs is 5. The van der Waals surface area contributed by atoms with Crippen LogP contribution in [-0.4, -0.2) is 55.7 Å². The van der Waals surface area contributed by atoms with Crippen LogP contribution in [0.5, 0.6) is 5.75 Å². The highest BCUT2D eigenvalue weighted by Gasteiger charge is 2.56. The van der Waals surface area contributed by atoms with Crippen LogP contribution >= 0.6 is 0 Å². The number of primary amides is 1. The van der Waals surface area contributed by atoms with E-state index in [1.54, 1.807) is 4.90 Å². The van der Waals surface area contributed by atoms with Crippen molar-refractivity contribution in [1.82, 2.24) is 14.5 Å². The van der Waals surface area contributed by atoms with E-state index in [9.17, 15) is 32.7 Å². The van der Waals surface area contributed by atoms with Crippen molar-refractivity contribution in [3.8, 4) is 5.75 Å². The molecule has 4 atom stereocenters. The molecule has 5 rings (SSSR count). The number of nitrogens with zero attached hydrogens (tertiary/aromatic N) is 3. The van der Waals surface area contributed by atoms with E-state index in [0.29, 0.717) is 37.8 Å². The molecule has 1 spiro atoms. The Morgan fingerprint density at radius 3 is 2.54 bits per heavy atom. The van der Waals surface area contributed by atoms with E-state index < -0.39 is 57.7 Å². The van der Waals surface area contributed by atoms with Gasteiger partial charge in [0.25, 0.3) is 11.8 Å². The average molecular weight is 521 g/mol. The zero-order valence-corrected chi connectivity index (χ0v) is 20.3. The number of aromatic nitrogens is 1. The minimum Gasteiger partial charge on any atom is -0.503 e. The van der Waals surface area contributed by atoms with E-state index in [4.69, 9.17) is 10.6 Å². The Labute approximate surface area is 210 Å². The van der Waals surface area contributed by atoms with Gasteiger partial charge in [-0.1, -0.05) is 6.92 Å². The summed E-state index contributed by atoms with van der Waals surface area (Å²) in [4.78, 5) is 45.9. The molecule has 3 N–H and O–H groups in total. The van der Waals surface area contributed by atoms with Gasteiger partial charge in [0, 0.05) is 42.5 Å². The summed E-state index contributed by atoms with van der Waals surface area (Å²) in [5.74, 6) is -5.55. The molecule has 4 heterocycles. The molecule has 1 unspecified atom stereocenters. The zero-order chi connectivity index (χ0) is 26.8. The number of carbonyl (C=O) groups excluding carboxylic acids is 2. The molecule has 2 bridgehead atoms. The Bertz CT molecular complexity index is 1340. The van der Waals surface area contributed by atoms with Gasteiger partial charge < -0.3 is 20.3 Å². The van der Waals surface area contributed by atoms with Gasteiger partial charge in [-0.2, -0.15) is 5.06 Å². The van der Waals surface area contributed by atoms with Gasteiger partial charge in [0.1, 0.15) is 28.6 Å². The first kappa shape index (κ1) is 25.3. The largest absolute Gasteiger partial charge is 0.503 e. The van der Waals surface area contributed by atoms with Crippen molar-refractivity contribution in [2.75, 3.05) is 6.54 Å². The Morgan fingerprint density at radius 2 is 1.92 bits per heavy atom. The molecule has 1 aromatic carbocycles. The predicted octanol–water partition coefficient (Wildman–Crippen LogP) is 2.60. The van der Waals surface area contributed by atoms with E-state index in [1.165, 1.54) is 15.8 Å². The quantitative estimate of drug-likeness (QED) is 0.640. The molecular weight excluding hydrogens is 493 g/mol. The fourth-order valence-corrected chi connectivity index (χ4v) is 5.90. The summed E-state index contributed by atoms with van der Waals surface area (Å²) in [6.45, 7) is 3.63. The normalized spacial score (nSPS) is 27.4. The molecule has 0 aliphatic carbocycles. The van der Waals surface area contributed by atoms with Crippen LogP contribution in [0, 0.1) is 17.5 Å². The Kier molecular flexibility index (Phi) is 6.06. The smallest absolute Gasteiger partial charge is 0.274 e. The molecule has 12 heteroatoms. The highest BCUT2D eigenvalue weighted by molar-refractivity contribution is 5.99. The molecule has 2 saturated heterocycles. The summed E-state index contributed by atoms with van der Waals surface area (Å²) < 4.78 is 43.8. The third-order valence-electron chi connectivity index (χ3n) is 7.95. The van der Waals surface area contributed by atoms with E-state index in [0.717, 1.165) is 0 Å². The number of aromatic hydroxyl groups is 1. The standard InChI is InChI=1S/C25H27F3N4O5/c1-3-14-8-25(37-32(14)10-15-17(27)6-13(26)7-18(15)28)5-4-12(2)30-11-19(25)31-9-16(23(29)35)21(33)22(34)20(31)24(30)36/h6-7,9,12,14,19,34H,3-5,8,10-11H2,1-2H3,(H2,29,35)/t12-,14?,19+,25-/m0/s1. The van der Waals surface area contributed by atoms with Gasteiger partial charge in [0.2, 0.25) is 5.43 Å². The molecule has 37 heavy (non-hydrogen) atoms. The molecule has 198 valence electrons. The van der Waals surface area contributed by atoms with E-state index in [-0.39, 0.29) is 36.4 Å². The van der Waals surface area contributed by atoms with Crippen molar-refractivity contribution >= 4 is 11.8 Å². The minimum absolute atomic E-state index is 0.164. The second-order valence-electron chi connectivity index (χ2n) is 10.0. The molecule has 2 fully saturated rings. The SMILES string of the molecule is CCC1C[C@]2(CC[C@H](C)N3C[C@H]2n2cc(C(N)=O)c(=O)c(O)c2C3=O)ON1Cc1c(F)cc(F)cc1F. The number of hydroxylamine groups is 2. The average Bonchev–Trinajstić information content (AvgIpc) is 3.14. The molecule has 2 amide bonds. The fourth-order valence-electron chi connectivity index (χ4n) is 5.90. The van der Waals surface area contributed by atoms with Crippen molar-refractivity contribution in [1.29, 1.82) is 0 Å². The van der Waals surface area contributed by atoms with Crippen LogP contribution in [0.2, 0.25) is 0 Å². The van der Waals surface area contributed by atoms with E-state index >= 15 is 0 Å². The van der Waals surface area contributed by atoms with Gasteiger partial charge >= 0.3 is 0 Å². The minimum atomic E-state index is -1.05. The number of nitrogens with two attached hydrogens (primary N) is 1. The van der Waals surface area contributed by atoms with Crippen molar-refractivity contribution in [2.45, 2.75) is 69.8 Å². The molecule has 3 aliphatic rings. The molecule has 2 aromatic rings. The maximum Gasteiger partial charge on any atom is 0.274 e. The second-order valence-corrected chi connectivity index (χ2v) is 10.0.